The molecule has 0 spiro atoms. The Morgan fingerprint density at radius 1 is 0.314 bits per heavy atom. The molecule has 0 N–H and O–H groups in total. The molecule has 10 rings (SSSR count). The Balaban J connectivity index is 1.21. The lowest BCUT2D eigenvalue weighted by Crippen LogP contribution is -1.95. The third-order valence-electron chi connectivity index (χ3n) is 9.89. The number of para-hydroxylation sites is 2. The second kappa shape index (κ2) is 12.5. The molecule has 0 saturated heterocycles. The van der Waals surface area contributed by atoms with Crippen molar-refractivity contribution in [1.29, 1.82) is 0 Å². The van der Waals surface area contributed by atoms with Crippen LogP contribution in [0.25, 0.3) is 72.0 Å². The molecular formula is C48H31NS2. The second-order valence-electron chi connectivity index (χ2n) is 12.9. The van der Waals surface area contributed by atoms with Crippen molar-refractivity contribution < 1.29 is 0 Å². The van der Waals surface area contributed by atoms with E-state index in [4.69, 9.17) is 0 Å². The average Bonchev–Trinajstić information content (AvgIpc) is 3.53. The lowest BCUT2D eigenvalue weighted by Gasteiger charge is -2.22. The van der Waals surface area contributed by atoms with Crippen molar-refractivity contribution in [2.45, 2.75) is 19.6 Å². The van der Waals surface area contributed by atoms with Crippen LogP contribution in [-0.2, 0) is 0 Å². The summed E-state index contributed by atoms with van der Waals surface area (Å²) in [7, 11) is 0. The minimum absolute atomic E-state index is 1.17. The van der Waals surface area contributed by atoms with Gasteiger partial charge in [0.05, 0.1) is 11.0 Å². The van der Waals surface area contributed by atoms with E-state index >= 15 is 0 Å². The molecule has 2 heterocycles. The normalized spacial score (nSPS) is 12.2. The SMILES string of the molecule is c1ccc(-c2cccc3c2-c2ccc(-c4ccc5c(c4)c4ccccc4n5-c4ccccc4)cc2Sc2ccccc2-c2ccccc2S3)cc1. The van der Waals surface area contributed by atoms with Crippen LogP contribution in [0.1, 0.15) is 0 Å². The molecule has 0 unspecified atom stereocenters. The van der Waals surface area contributed by atoms with Crippen LogP contribution >= 0.6 is 23.5 Å². The molecule has 9 aromatic rings. The molecule has 0 radical (unpaired) electrons. The first-order valence-corrected chi connectivity index (χ1v) is 18.9. The number of hydrogen-bond donors (Lipinski definition) is 0. The Bertz CT molecular complexity index is 2740. The predicted octanol–water partition coefficient (Wildman–Crippen LogP) is 14.1. The van der Waals surface area contributed by atoms with Crippen LogP contribution in [0.5, 0.6) is 0 Å². The van der Waals surface area contributed by atoms with Gasteiger partial charge in [-0.3, -0.25) is 0 Å². The summed E-state index contributed by atoms with van der Waals surface area (Å²) in [4.78, 5) is 5.02. The smallest absolute Gasteiger partial charge is 0.0541 e. The van der Waals surface area contributed by atoms with Gasteiger partial charge in [-0.15, -0.1) is 0 Å². The van der Waals surface area contributed by atoms with Crippen LogP contribution < -0.4 is 0 Å². The molecule has 240 valence electrons. The molecule has 0 fully saturated rings. The van der Waals surface area contributed by atoms with Crippen LogP contribution in [0.3, 0.4) is 0 Å². The standard InChI is InChI=1S/C48H31NS2/c1-3-14-32(15-4-1)36-21-13-25-46-48(36)40-28-26-34(31-47(40)51-45-24-12-9-20-39(45)38-19-8-11-23-44(38)50-46)33-27-29-43-41(30-33)37-18-7-10-22-42(37)49(43)35-16-5-2-6-17-35/h1-31H. The maximum atomic E-state index is 2.41. The lowest BCUT2D eigenvalue weighted by atomic mass is 9.93. The molecule has 3 heteroatoms. The van der Waals surface area contributed by atoms with Gasteiger partial charge in [0.2, 0.25) is 0 Å². The first kappa shape index (κ1) is 30.1. The molecule has 1 nitrogen and oxygen atoms in total. The Hall–Kier alpha value is -5.74. The van der Waals surface area contributed by atoms with Crippen LogP contribution in [0.2, 0.25) is 0 Å². The van der Waals surface area contributed by atoms with Crippen LogP contribution in [0.15, 0.2) is 208 Å². The van der Waals surface area contributed by atoms with Crippen molar-refractivity contribution in [2.75, 3.05) is 0 Å². The van der Waals surface area contributed by atoms with Gasteiger partial charge in [0.25, 0.3) is 0 Å². The van der Waals surface area contributed by atoms with Gasteiger partial charge in [0.1, 0.15) is 0 Å². The van der Waals surface area contributed by atoms with E-state index in [0.29, 0.717) is 0 Å². The fourth-order valence-electron chi connectivity index (χ4n) is 7.55. The van der Waals surface area contributed by atoms with Gasteiger partial charge in [0, 0.05) is 41.6 Å². The fourth-order valence-corrected chi connectivity index (χ4v) is 9.82. The molecule has 0 bridgehead atoms. The molecule has 0 amide bonds. The second-order valence-corrected chi connectivity index (χ2v) is 15.0. The molecule has 0 saturated carbocycles. The lowest BCUT2D eigenvalue weighted by molar-refractivity contribution is 1.18. The molecule has 1 aliphatic rings. The van der Waals surface area contributed by atoms with Crippen LogP contribution in [0.4, 0.5) is 0 Å². The van der Waals surface area contributed by atoms with Crippen molar-refractivity contribution >= 4 is 45.3 Å². The zero-order valence-electron chi connectivity index (χ0n) is 27.7. The summed E-state index contributed by atoms with van der Waals surface area (Å²) in [6.07, 6.45) is 0. The molecule has 0 atom stereocenters. The highest BCUT2D eigenvalue weighted by Gasteiger charge is 2.22. The van der Waals surface area contributed by atoms with Crippen LogP contribution in [0, 0.1) is 0 Å². The molecule has 8 aromatic carbocycles. The third-order valence-corrected chi connectivity index (χ3v) is 12.2. The zero-order valence-corrected chi connectivity index (χ0v) is 29.3. The monoisotopic (exact) mass is 685 g/mol. The van der Waals surface area contributed by atoms with Gasteiger partial charge in [-0.2, -0.15) is 0 Å². The van der Waals surface area contributed by atoms with Gasteiger partial charge < -0.3 is 4.57 Å². The summed E-state index contributed by atoms with van der Waals surface area (Å²) < 4.78 is 2.38. The van der Waals surface area contributed by atoms with Gasteiger partial charge in [-0.05, 0) is 93.5 Å². The topological polar surface area (TPSA) is 4.93 Å². The number of fused-ring (bicyclic) bond motifs is 9. The number of hydrogen-bond acceptors (Lipinski definition) is 2. The number of aromatic nitrogens is 1. The van der Waals surface area contributed by atoms with E-state index in [9.17, 15) is 0 Å². The van der Waals surface area contributed by atoms with Crippen LogP contribution in [-0.4, -0.2) is 4.57 Å². The van der Waals surface area contributed by atoms with Crippen molar-refractivity contribution in [3.05, 3.63) is 188 Å². The first-order valence-electron chi connectivity index (χ1n) is 17.3. The minimum Gasteiger partial charge on any atom is -0.309 e. The van der Waals surface area contributed by atoms with Crippen molar-refractivity contribution in [2.24, 2.45) is 0 Å². The Labute approximate surface area is 306 Å². The van der Waals surface area contributed by atoms with Gasteiger partial charge in [0.15, 0.2) is 0 Å². The summed E-state index contributed by atoms with van der Waals surface area (Å²) in [6, 6.07) is 68.8. The van der Waals surface area contributed by atoms with E-state index in [0.717, 1.165) is 0 Å². The number of nitrogens with zero attached hydrogens (tertiary/aromatic N) is 1. The van der Waals surface area contributed by atoms with Gasteiger partial charge >= 0.3 is 0 Å². The predicted molar refractivity (Wildman–Crippen MR) is 217 cm³/mol. The summed E-state index contributed by atoms with van der Waals surface area (Å²) in [5.74, 6) is 0. The van der Waals surface area contributed by atoms with E-state index < -0.39 is 0 Å². The fraction of sp³-hybridized carbons (Fsp3) is 0. The Morgan fingerprint density at radius 3 is 1.67 bits per heavy atom. The maximum absolute atomic E-state index is 2.41. The molecule has 1 aromatic heterocycles. The summed E-state index contributed by atoms with van der Waals surface area (Å²) in [5.41, 5.74) is 13.6. The largest absolute Gasteiger partial charge is 0.309 e. The molecular weight excluding hydrogens is 655 g/mol. The Morgan fingerprint density at radius 2 is 0.882 bits per heavy atom. The molecule has 1 aliphatic heterocycles. The quantitative estimate of drug-likeness (QED) is 0.182. The molecule has 51 heavy (non-hydrogen) atoms. The number of benzene rings is 8. The first-order chi connectivity index (χ1) is 25.3. The van der Waals surface area contributed by atoms with Gasteiger partial charge in [-0.1, -0.05) is 157 Å². The van der Waals surface area contributed by atoms with E-state index in [1.54, 1.807) is 0 Å². The highest BCUT2D eigenvalue weighted by molar-refractivity contribution is 8.00. The Kier molecular flexibility index (Phi) is 7.41. The highest BCUT2D eigenvalue weighted by Crippen LogP contribution is 2.51. The molecule has 0 aliphatic carbocycles. The van der Waals surface area contributed by atoms with E-state index in [1.165, 1.54) is 91.6 Å². The van der Waals surface area contributed by atoms with Crippen molar-refractivity contribution in [3.63, 3.8) is 0 Å². The van der Waals surface area contributed by atoms with Crippen molar-refractivity contribution in [3.8, 4) is 50.2 Å². The number of rotatable bonds is 3. The maximum Gasteiger partial charge on any atom is 0.0541 e. The summed E-state index contributed by atoms with van der Waals surface area (Å²) in [6.45, 7) is 0. The van der Waals surface area contributed by atoms with E-state index in [1.807, 2.05) is 23.5 Å². The summed E-state index contributed by atoms with van der Waals surface area (Å²) in [5, 5.41) is 2.52. The minimum atomic E-state index is 1.17. The summed E-state index contributed by atoms with van der Waals surface area (Å²) >= 11 is 3.74. The average molecular weight is 686 g/mol. The van der Waals surface area contributed by atoms with E-state index in [-0.39, 0.29) is 0 Å². The van der Waals surface area contributed by atoms with Gasteiger partial charge in [-0.25, -0.2) is 0 Å². The highest BCUT2D eigenvalue weighted by atomic mass is 32.2. The third kappa shape index (κ3) is 5.20. The zero-order chi connectivity index (χ0) is 33.7. The van der Waals surface area contributed by atoms with Crippen molar-refractivity contribution in [1.82, 2.24) is 4.57 Å². The van der Waals surface area contributed by atoms with E-state index in [2.05, 4.69) is 193 Å².